The molecule has 1 saturated carbocycles. The van der Waals surface area contributed by atoms with Gasteiger partial charge < -0.3 is 16.0 Å². The summed E-state index contributed by atoms with van der Waals surface area (Å²) in [6, 6.07) is 0.564. The highest BCUT2D eigenvalue weighted by atomic mass is 15.1. The van der Waals surface area contributed by atoms with Crippen LogP contribution in [0.25, 0.3) is 0 Å². The fraction of sp³-hybridized carbons (Fsp3) is 1.00. The van der Waals surface area contributed by atoms with E-state index in [4.69, 9.17) is 5.73 Å². The lowest BCUT2D eigenvalue weighted by molar-refractivity contribution is 0.228. The van der Waals surface area contributed by atoms with Crippen molar-refractivity contribution in [3.63, 3.8) is 0 Å². The van der Waals surface area contributed by atoms with Crippen LogP contribution in [0, 0.1) is 5.92 Å². The molecule has 0 bridgehead atoms. The smallest absolute Gasteiger partial charge is 0.0219 e. The van der Waals surface area contributed by atoms with Crippen LogP contribution in [-0.4, -0.2) is 44.7 Å². The molecule has 1 unspecified atom stereocenters. The molecular weight excluding hydrogens is 162 g/mol. The number of nitrogens with two attached hydrogens (primary N) is 1. The Bertz CT molecular complexity index is 132. The van der Waals surface area contributed by atoms with Gasteiger partial charge in [-0.25, -0.2) is 0 Å². The molecule has 0 spiro atoms. The normalized spacial score (nSPS) is 20.3. The van der Waals surface area contributed by atoms with Gasteiger partial charge in [-0.1, -0.05) is 6.42 Å². The third-order valence-corrected chi connectivity index (χ3v) is 2.94. The molecule has 3 heteroatoms. The van der Waals surface area contributed by atoms with Crippen LogP contribution in [0.5, 0.6) is 0 Å². The third kappa shape index (κ3) is 3.63. The summed E-state index contributed by atoms with van der Waals surface area (Å²) >= 11 is 0. The molecule has 1 fully saturated rings. The number of rotatable bonds is 6. The molecule has 78 valence electrons. The molecule has 0 saturated heterocycles. The first-order chi connectivity index (χ1) is 6.24. The molecule has 1 aliphatic rings. The van der Waals surface area contributed by atoms with Crippen molar-refractivity contribution < 1.29 is 0 Å². The maximum atomic E-state index is 5.72. The van der Waals surface area contributed by atoms with Gasteiger partial charge in [0.25, 0.3) is 0 Å². The van der Waals surface area contributed by atoms with Crippen LogP contribution in [0.15, 0.2) is 0 Å². The molecule has 3 nitrogen and oxygen atoms in total. The van der Waals surface area contributed by atoms with Gasteiger partial charge in [-0.15, -0.1) is 0 Å². The summed E-state index contributed by atoms with van der Waals surface area (Å²) in [5.41, 5.74) is 5.72. The van der Waals surface area contributed by atoms with Gasteiger partial charge in [0, 0.05) is 25.7 Å². The molecule has 0 radical (unpaired) electrons. The monoisotopic (exact) mass is 185 g/mol. The maximum absolute atomic E-state index is 5.72. The van der Waals surface area contributed by atoms with E-state index in [9.17, 15) is 0 Å². The van der Waals surface area contributed by atoms with E-state index in [1.54, 1.807) is 0 Å². The predicted octanol–water partition coefficient (Wildman–Crippen LogP) is 0.265. The number of hydrogen-bond donors (Lipinski definition) is 2. The number of hydrogen-bond acceptors (Lipinski definition) is 3. The second-order valence-electron chi connectivity index (χ2n) is 4.29. The van der Waals surface area contributed by atoms with E-state index in [1.165, 1.54) is 19.3 Å². The minimum atomic E-state index is 0.564. The summed E-state index contributed by atoms with van der Waals surface area (Å²) in [4.78, 5) is 2.20. The van der Waals surface area contributed by atoms with Crippen LogP contribution < -0.4 is 11.1 Å². The average Bonchev–Trinajstić information content (AvgIpc) is 1.98. The average molecular weight is 185 g/mol. The zero-order chi connectivity index (χ0) is 9.68. The highest BCUT2D eigenvalue weighted by molar-refractivity contribution is 4.83. The molecule has 3 N–H and O–H groups in total. The molecule has 1 atom stereocenters. The van der Waals surface area contributed by atoms with E-state index in [-0.39, 0.29) is 0 Å². The molecule has 0 heterocycles. The van der Waals surface area contributed by atoms with E-state index in [1.807, 2.05) is 0 Å². The second kappa shape index (κ2) is 5.58. The summed E-state index contributed by atoms with van der Waals surface area (Å²) in [5.74, 6) is 0.854. The van der Waals surface area contributed by atoms with Crippen molar-refractivity contribution in [2.75, 3.05) is 33.7 Å². The van der Waals surface area contributed by atoms with Gasteiger partial charge in [0.2, 0.25) is 0 Å². The van der Waals surface area contributed by atoms with Crippen LogP contribution in [0.4, 0.5) is 0 Å². The SMILES string of the molecule is CN(C)CCNC(CN)C1CCC1. The van der Waals surface area contributed by atoms with Gasteiger partial charge in [-0.05, 0) is 32.9 Å². The summed E-state index contributed by atoms with van der Waals surface area (Å²) in [5, 5.41) is 3.54. The third-order valence-electron chi connectivity index (χ3n) is 2.94. The highest BCUT2D eigenvalue weighted by Gasteiger charge is 2.25. The molecule has 13 heavy (non-hydrogen) atoms. The molecule has 0 aromatic rings. The molecular formula is C10H23N3. The molecule has 1 aliphatic carbocycles. The van der Waals surface area contributed by atoms with Gasteiger partial charge in [0.05, 0.1) is 0 Å². The van der Waals surface area contributed by atoms with Crippen LogP contribution >= 0.6 is 0 Å². The Morgan fingerprint density at radius 1 is 1.46 bits per heavy atom. The largest absolute Gasteiger partial charge is 0.329 e. The van der Waals surface area contributed by atoms with Crippen LogP contribution in [0.3, 0.4) is 0 Å². The molecule has 0 aromatic heterocycles. The fourth-order valence-corrected chi connectivity index (χ4v) is 1.76. The molecule has 0 amide bonds. The first kappa shape index (κ1) is 11.0. The van der Waals surface area contributed by atoms with Gasteiger partial charge in [-0.2, -0.15) is 0 Å². The lowest BCUT2D eigenvalue weighted by atomic mass is 9.80. The van der Waals surface area contributed by atoms with E-state index in [0.717, 1.165) is 25.6 Å². The standard InChI is InChI=1S/C10H23N3/c1-13(2)7-6-12-10(8-11)9-4-3-5-9/h9-10,12H,3-8,11H2,1-2H3. The second-order valence-corrected chi connectivity index (χ2v) is 4.29. The number of likely N-dealkylation sites (N-methyl/N-ethyl adjacent to an activating group) is 1. The quantitative estimate of drug-likeness (QED) is 0.624. The van der Waals surface area contributed by atoms with E-state index in [2.05, 4.69) is 24.3 Å². The Balaban J connectivity index is 2.08. The fourth-order valence-electron chi connectivity index (χ4n) is 1.76. The summed E-state index contributed by atoms with van der Waals surface area (Å²) in [6.45, 7) is 2.95. The van der Waals surface area contributed by atoms with Crippen molar-refractivity contribution in [3.05, 3.63) is 0 Å². The van der Waals surface area contributed by atoms with Crippen LogP contribution in [0.2, 0.25) is 0 Å². The van der Waals surface area contributed by atoms with E-state index >= 15 is 0 Å². The molecule has 0 aromatic carbocycles. The molecule has 1 rings (SSSR count). The van der Waals surface area contributed by atoms with Crippen LogP contribution in [0.1, 0.15) is 19.3 Å². The number of nitrogens with zero attached hydrogens (tertiary/aromatic N) is 1. The lowest BCUT2D eigenvalue weighted by Gasteiger charge is -2.34. The summed E-state index contributed by atoms with van der Waals surface area (Å²) in [7, 11) is 4.20. The van der Waals surface area contributed by atoms with Crippen molar-refractivity contribution in [3.8, 4) is 0 Å². The van der Waals surface area contributed by atoms with E-state index < -0.39 is 0 Å². The first-order valence-electron chi connectivity index (χ1n) is 5.32. The predicted molar refractivity (Wildman–Crippen MR) is 56.7 cm³/mol. The summed E-state index contributed by atoms with van der Waals surface area (Å²) in [6.07, 6.45) is 4.14. The topological polar surface area (TPSA) is 41.3 Å². The van der Waals surface area contributed by atoms with Gasteiger partial charge >= 0.3 is 0 Å². The summed E-state index contributed by atoms with van der Waals surface area (Å²) < 4.78 is 0. The van der Waals surface area contributed by atoms with Gasteiger partial charge in [0.1, 0.15) is 0 Å². The van der Waals surface area contributed by atoms with Crippen molar-refractivity contribution >= 4 is 0 Å². The Hall–Kier alpha value is -0.120. The van der Waals surface area contributed by atoms with Crippen molar-refractivity contribution in [1.29, 1.82) is 0 Å². The van der Waals surface area contributed by atoms with Crippen molar-refractivity contribution in [2.45, 2.75) is 25.3 Å². The van der Waals surface area contributed by atoms with Crippen molar-refractivity contribution in [2.24, 2.45) is 11.7 Å². The first-order valence-corrected chi connectivity index (χ1v) is 5.32. The highest BCUT2D eigenvalue weighted by Crippen LogP contribution is 2.28. The molecule has 0 aliphatic heterocycles. The zero-order valence-corrected chi connectivity index (χ0v) is 8.92. The van der Waals surface area contributed by atoms with Crippen LogP contribution in [-0.2, 0) is 0 Å². The number of nitrogens with one attached hydrogen (secondary N) is 1. The Labute approximate surface area is 81.7 Å². The Morgan fingerprint density at radius 2 is 2.15 bits per heavy atom. The minimum Gasteiger partial charge on any atom is -0.329 e. The van der Waals surface area contributed by atoms with Crippen molar-refractivity contribution in [1.82, 2.24) is 10.2 Å². The Morgan fingerprint density at radius 3 is 2.54 bits per heavy atom. The maximum Gasteiger partial charge on any atom is 0.0219 e. The lowest BCUT2D eigenvalue weighted by Crippen LogP contribution is -2.46. The zero-order valence-electron chi connectivity index (χ0n) is 8.92. The minimum absolute atomic E-state index is 0.564. The van der Waals surface area contributed by atoms with Gasteiger partial charge in [0.15, 0.2) is 0 Å². The van der Waals surface area contributed by atoms with E-state index in [0.29, 0.717) is 6.04 Å². The van der Waals surface area contributed by atoms with Gasteiger partial charge in [-0.3, -0.25) is 0 Å². The Kier molecular flexibility index (Phi) is 4.70.